The molecule has 0 fully saturated rings. The van der Waals surface area contributed by atoms with Gasteiger partial charge < -0.3 is 9.47 Å². The minimum Gasteiger partial charge on any atom is -0.496 e. The maximum atomic E-state index is 11.6. The van der Waals surface area contributed by atoms with Crippen LogP contribution in [0.25, 0.3) is 0 Å². The van der Waals surface area contributed by atoms with Crippen LogP contribution in [0.1, 0.15) is 22.8 Å². The zero-order valence-electron chi connectivity index (χ0n) is 9.85. The molecule has 17 heavy (non-hydrogen) atoms. The second kappa shape index (κ2) is 5.29. The molecule has 0 aliphatic carbocycles. The zero-order valence-corrected chi connectivity index (χ0v) is 9.85. The van der Waals surface area contributed by atoms with Crippen molar-refractivity contribution in [3.05, 3.63) is 33.4 Å². The Morgan fingerprint density at radius 1 is 1.47 bits per heavy atom. The molecule has 0 unspecified atom stereocenters. The predicted octanol–water partition coefficient (Wildman–Crippen LogP) is 2.09. The van der Waals surface area contributed by atoms with Gasteiger partial charge in [-0.15, -0.1) is 0 Å². The summed E-state index contributed by atoms with van der Waals surface area (Å²) < 4.78 is 9.74. The Balaban J connectivity index is 3.33. The summed E-state index contributed by atoms with van der Waals surface area (Å²) in [6.45, 7) is 3.38. The highest BCUT2D eigenvalue weighted by atomic mass is 16.6. The number of benzene rings is 1. The lowest BCUT2D eigenvalue weighted by molar-refractivity contribution is -0.385. The van der Waals surface area contributed by atoms with Crippen molar-refractivity contribution in [2.75, 3.05) is 13.7 Å². The number of methoxy groups -OCH3 is 1. The van der Waals surface area contributed by atoms with E-state index in [1.807, 2.05) is 0 Å². The second-order valence-corrected chi connectivity index (χ2v) is 3.30. The van der Waals surface area contributed by atoms with Gasteiger partial charge >= 0.3 is 5.97 Å². The van der Waals surface area contributed by atoms with Crippen LogP contribution in [0.2, 0.25) is 0 Å². The highest BCUT2D eigenvalue weighted by molar-refractivity contribution is 5.92. The second-order valence-electron chi connectivity index (χ2n) is 3.30. The maximum absolute atomic E-state index is 11.6. The minimum absolute atomic E-state index is 0.151. The molecule has 0 amide bonds. The highest BCUT2D eigenvalue weighted by Gasteiger charge is 2.21. The van der Waals surface area contributed by atoms with E-state index in [0.29, 0.717) is 0 Å². The molecule has 0 spiro atoms. The molecular weight excluding hydrogens is 226 g/mol. The summed E-state index contributed by atoms with van der Waals surface area (Å²) in [6, 6.07) is 2.71. The fraction of sp³-hybridized carbons (Fsp3) is 0.364. The van der Waals surface area contributed by atoms with E-state index in [9.17, 15) is 14.9 Å². The third-order valence-corrected chi connectivity index (χ3v) is 2.28. The van der Waals surface area contributed by atoms with Crippen LogP contribution in [0.5, 0.6) is 5.75 Å². The van der Waals surface area contributed by atoms with Crippen molar-refractivity contribution in [3.63, 3.8) is 0 Å². The Kier molecular flexibility index (Phi) is 4.03. The van der Waals surface area contributed by atoms with Gasteiger partial charge in [0.1, 0.15) is 5.75 Å². The molecule has 6 nitrogen and oxygen atoms in total. The molecule has 92 valence electrons. The number of nitro benzene ring substituents is 1. The van der Waals surface area contributed by atoms with E-state index >= 15 is 0 Å². The molecule has 0 aliphatic heterocycles. The van der Waals surface area contributed by atoms with Gasteiger partial charge in [0.2, 0.25) is 0 Å². The van der Waals surface area contributed by atoms with Crippen LogP contribution in [-0.2, 0) is 4.74 Å². The third kappa shape index (κ3) is 2.72. The first-order valence-corrected chi connectivity index (χ1v) is 5.01. The fourth-order valence-corrected chi connectivity index (χ4v) is 1.40. The van der Waals surface area contributed by atoms with Crippen molar-refractivity contribution >= 4 is 11.7 Å². The molecular formula is C11H13NO5. The summed E-state index contributed by atoms with van der Waals surface area (Å²) in [5.41, 5.74) is 0.263. The SMILES string of the molecule is CCOC(=O)c1cc(OC)cc([N+](=O)[O-])c1C. The molecule has 0 atom stereocenters. The zero-order chi connectivity index (χ0) is 13.0. The van der Waals surface area contributed by atoms with Crippen LogP contribution >= 0.6 is 0 Å². The Hall–Kier alpha value is -2.11. The van der Waals surface area contributed by atoms with E-state index in [0.717, 1.165) is 0 Å². The van der Waals surface area contributed by atoms with Gasteiger partial charge in [-0.1, -0.05) is 0 Å². The van der Waals surface area contributed by atoms with Crippen molar-refractivity contribution in [2.24, 2.45) is 0 Å². The molecule has 0 saturated heterocycles. The average Bonchev–Trinajstić information content (AvgIpc) is 2.29. The maximum Gasteiger partial charge on any atom is 0.338 e. The molecule has 0 saturated carbocycles. The molecule has 0 N–H and O–H groups in total. The van der Waals surface area contributed by atoms with Crippen molar-refractivity contribution < 1.29 is 19.2 Å². The fourth-order valence-electron chi connectivity index (χ4n) is 1.40. The lowest BCUT2D eigenvalue weighted by atomic mass is 10.1. The van der Waals surface area contributed by atoms with E-state index in [4.69, 9.17) is 9.47 Å². The molecule has 0 radical (unpaired) electrons. The Bertz CT molecular complexity index is 455. The number of nitrogens with zero attached hydrogens (tertiary/aromatic N) is 1. The monoisotopic (exact) mass is 239 g/mol. The lowest BCUT2D eigenvalue weighted by Crippen LogP contribution is -2.08. The summed E-state index contributed by atoms with van der Waals surface area (Å²) in [5.74, 6) is -0.336. The molecule has 1 aromatic carbocycles. The average molecular weight is 239 g/mol. The van der Waals surface area contributed by atoms with Crippen LogP contribution in [0.4, 0.5) is 5.69 Å². The topological polar surface area (TPSA) is 78.7 Å². The first-order chi connectivity index (χ1) is 8.01. The molecule has 0 bridgehead atoms. The smallest absolute Gasteiger partial charge is 0.338 e. The van der Waals surface area contributed by atoms with Crippen LogP contribution < -0.4 is 4.74 Å². The first-order valence-electron chi connectivity index (χ1n) is 5.01. The predicted molar refractivity (Wildman–Crippen MR) is 60.3 cm³/mol. The number of rotatable bonds is 4. The van der Waals surface area contributed by atoms with Gasteiger partial charge in [0, 0.05) is 5.56 Å². The number of esters is 1. The van der Waals surface area contributed by atoms with Gasteiger partial charge in [0.25, 0.3) is 5.69 Å². The summed E-state index contributed by atoms with van der Waals surface area (Å²) in [5, 5.41) is 10.8. The van der Waals surface area contributed by atoms with Crippen molar-refractivity contribution in [2.45, 2.75) is 13.8 Å². The summed E-state index contributed by atoms with van der Waals surface area (Å²) in [7, 11) is 1.38. The van der Waals surface area contributed by atoms with E-state index in [-0.39, 0.29) is 29.2 Å². The molecule has 0 aromatic heterocycles. The number of carbonyl (C=O) groups excluding carboxylic acids is 1. The number of hydrogen-bond acceptors (Lipinski definition) is 5. The summed E-state index contributed by atoms with van der Waals surface area (Å²) in [4.78, 5) is 21.9. The van der Waals surface area contributed by atoms with Crippen molar-refractivity contribution in [3.8, 4) is 5.75 Å². The van der Waals surface area contributed by atoms with Gasteiger partial charge in [-0.05, 0) is 19.9 Å². The summed E-state index contributed by atoms with van der Waals surface area (Å²) in [6.07, 6.45) is 0. The van der Waals surface area contributed by atoms with E-state index in [1.54, 1.807) is 6.92 Å². The standard InChI is InChI=1S/C11H13NO5/c1-4-17-11(13)9-5-8(16-3)6-10(7(9)2)12(14)15/h5-6H,4H2,1-3H3. The van der Waals surface area contributed by atoms with Gasteiger partial charge in [-0.2, -0.15) is 0 Å². The molecule has 0 heterocycles. The Morgan fingerprint density at radius 2 is 2.12 bits per heavy atom. The summed E-state index contributed by atoms with van der Waals surface area (Å²) >= 11 is 0. The van der Waals surface area contributed by atoms with Crippen molar-refractivity contribution in [1.29, 1.82) is 0 Å². The van der Waals surface area contributed by atoms with Crippen LogP contribution in [0.15, 0.2) is 12.1 Å². The van der Waals surface area contributed by atoms with Crippen LogP contribution in [0, 0.1) is 17.0 Å². The third-order valence-electron chi connectivity index (χ3n) is 2.28. The number of ether oxygens (including phenoxy) is 2. The van der Waals surface area contributed by atoms with E-state index < -0.39 is 10.9 Å². The first kappa shape index (κ1) is 13.0. The van der Waals surface area contributed by atoms with Gasteiger partial charge in [0.05, 0.1) is 30.3 Å². The van der Waals surface area contributed by atoms with Crippen molar-refractivity contribution in [1.82, 2.24) is 0 Å². The van der Waals surface area contributed by atoms with Gasteiger partial charge in [0.15, 0.2) is 0 Å². The van der Waals surface area contributed by atoms with Gasteiger partial charge in [-0.25, -0.2) is 4.79 Å². The van der Waals surface area contributed by atoms with Crippen LogP contribution in [0.3, 0.4) is 0 Å². The molecule has 1 aromatic rings. The number of carbonyl (C=O) groups is 1. The minimum atomic E-state index is -0.591. The highest BCUT2D eigenvalue weighted by Crippen LogP contribution is 2.28. The Morgan fingerprint density at radius 3 is 2.59 bits per heavy atom. The largest absolute Gasteiger partial charge is 0.496 e. The Labute approximate surface area is 98.3 Å². The van der Waals surface area contributed by atoms with E-state index in [1.165, 1.54) is 26.2 Å². The number of hydrogen-bond donors (Lipinski definition) is 0. The lowest BCUT2D eigenvalue weighted by Gasteiger charge is -2.08. The molecule has 0 aliphatic rings. The quantitative estimate of drug-likeness (QED) is 0.456. The number of nitro groups is 1. The normalized spacial score (nSPS) is 9.82. The molecule has 6 heteroatoms. The van der Waals surface area contributed by atoms with E-state index in [2.05, 4.69) is 0 Å². The van der Waals surface area contributed by atoms with Gasteiger partial charge in [-0.3, -0.25) is 10.1 Å². The molecule has 1 rings (SSSR count). The van der Waals surface area contributed by atoms with Crippen LogP contribution in [-0.4, -0.2) is 24.6 Å².